The van der Waals surface area contributed by atoms with Gasteiger partial charge in [-0.1, -0.05) is 49.3 Å². The van der Waals surface area contributed by atoms with Gasteiger partial charge in [0.15, 0.2) is 0 Å². The van der Waals surface area contributed by atoms with Gasteiger partial charge in [0.25, 0.3) is 0 Å². The van der Waals surface area contributed by atoms with E-state index < -0.39 is 0 Å². The lowest BCUT2D eigenvalue weighted by Crippen LogP contribution is -1.96. The Morgan fingerprint density at radius 3 is 2.35 bits per heavy atom. The SMILES string of the molecule is C#CC(=C\c1cc2c(s1)c1sc(/C=C(\C#N)c3nc4ccccc4s3)cc1n2CCC)/C(C)=N/C(C)=C(C)/C=C\C=C/C. The first-order valence-corrected chi connectivity index (χ1v) is 16.6. The molecule has 4 aromatic heterocycles. The third-order valence-corrected chi connectivity index (χ3v) is 10.4. The van der Waals surface area contributed by atoms with E-state index in [2.05, 4.69) is 54.7 Å². The number of aryl methyl sites for hydroxylation is 1. The van der Waals surface area contributed by atoms with E-state index in [1.54, 1.807) is 34.0 Å². The monoisotopic (exact) mass is 616 g/mol. The van der Waals surface area contributed by atoms with Crippen LogP contribution in [0.15, 0.2) is 82.5 Å². The fraction of sp³-hybridized carbons (Fsp3) is 0.194. The predicted molar refractivity (Wildman–Crippen MR) is 191 cm³/mol. The second-order valence-electron chi connectivity index (χ2n) is 10.1. The smallest absolute Gasteiger partial charge is 0.135 e. The number of aromatic nitrogens is 2. The molecule has 0 fully saturated rings. The molecule has 0 aliphatic carbocycles. The lowest BCUT2D eigenvalue weighted by Gasteiger charge is -2.03. The summed E-state index contributed by atoms with van der Waals surface area (Å²) < 4.78 is 5.94. The number of para-hydroxylation sites is 1. The number of thiazole rings is 1. The first kappa shape index (κ1) is 30.2. The zero-order valence-electron chi connectivity index (χ0n) is 24.9. The maximum absolute atomic E-state index is 10.00. The van der Waals surface area contributed by atoms with Crippen LogP contribution < -0.4 is 0 Å². The zero-order chi connectivity index (χ0) is 30.5. The van der Waals surface area contributed by atoms with E-state index in [4.69, 9.17) is 16.4 Å². The molecule has 0 atom stereocenters. The normalized spacial score (nSPS) is 14.0. The minimum atomic E-state index is 0.587. The minimum absolute atomic E-state index is 0.587. The van der Waals surface area contributed by atoms with E-state index in [0.717, 1.165) is 60.5 Å². The first-order chi connectivity index (χ1) is 20.9. The number of nitrogens with zero attached hydrogens (tertiary/aromatic N) is 4. The quantitative estimate of drug-likeness (QED) is 0.0716. The van der Waals surface area contributed by atoms with E-state index in [1.807, 2.05) is 69.3 Å². The molecule has 0 bridgehead atoms. The molecule has 0 radical (unpaired) electrons. The predicted octanol–water partition coefficient (Wildman–Crippen LogP) is 10.9. The molecule has 0 aliphatic heterocycles. The van der Waals surface area contributed by atoms with E-state index in [-0.39, 0.29) is 0 Å². The van der Waals surface area contributed by atoms with Gasteiger partial charge in [0.2, 0.25) is 0 Å². The van der Waals surface area contributed by atoms with Gasteiger partial charge in [0.1, 0.15) is 11.1 Å². The van der Waals surface area contributed by atoms with Crippen LogP contribution in [0.3, 0.4) is 0 Å². The van der Waals surface area contributed by atoms with Crippen LogP contribution in [0.25, 0.3) is 48.4 Å². The van der Waals surface area contributed by atoms with Gasteiger partial charge in [-0.3, -0.25) is 4.99 Å². The van der Waals surface area contributed by atoms with Crippen LogP contribution in [0.2, 0.25) is 0 Å². The molecule has 7 heteroatoms. The third kappa shape index (κ3) is 6.40. The summed E-state index contributed by atoms with van der Waals surface area (Å²) in [5.41, 5.74) is 7.55. The number of hydrogen-bond donors (Lipinski definition) is 0. The number of rotatable bonds is 9. The molecule has 0 saturated heterocycles. The molecule has 4 nitrogen and oxygen atoms in total. The molecule has 0 spiro atoms. The fourth-order valence-corrected chi connectivity index (χ4v) is 8.05. The van der Waals surface area contributed by atoms with E-state index in [0.29, 0.717) is 5.57 Å². The minimum Gasteiger partial charge on any atom is -0.339 e. The molecule has 43 heavy (non-hydrogen) atoms. The summed E-state index contributed by atoms with van der Waals surface area (Å²) in [6.07, 6.45) is 19.1. The number of nitriles is 1. The summed E-state index contributed by atoms with van der Waals surface area (Å²) in [5.74, 6) is 2.86. The van der Waals surface area contributed by atoms with Crippen molar-refractivity contribution in [2.24, 2.45) is 4.99 Å². The molecule has 0 saturated carbocycles. The van der Waals surface area contributed by atoms with Gasteiger partial charge >= 0.3 is 0 Å². The van der Waals surface area contributed by atoms with Crippen molar-refractivity contribution in [3.05, 3.63) is 92.3 Å². The number of aliphatic imine (C=N–C) groups is 1. The molecule has 0 amide bonds. The first-order valence-electron chi connectivity index (χ1n) is 14.1. The van der Waals surface area contributed by atoms with Gasteiger partial charge < -0.3 is 4.57 Å². The molecule has 1 aromatic carbocycles. The summed E-state index contributed by atoms with van der Waals surface area (Å²) >= 11 is 5.02. The molecule has 0 aliphatic rings. The van der Waals surface area contributed by atoms with Crippen molar-refractivity contribution in [1.82, 2.24) is 9.55 Å². The maximum atomic E-state index is 10.00. The average molecular weight is 617 g/mol. The number of thiophene rings is 2. The van der Waals surface area contributed by atoms with Gasteiger partial charge in [-0.25, -0.2) is 4.98 Å². The van der Waals surface area contributed by atoms with Crippen LogP contribution in [0, 0.1) is 23.7 Å². The van der Waals surface area contributed by atoms with Crippen LogP contribution in [-0.4, -0.2) is 15.3 Å². The van der Waals surface area contributed by atoms with Crippen molar-refractivity contribution in [2.75, 3.05) is 0 Å². The fourth-order valence-electron chi connectivity index (χ4n) is 4.76. The molecule has 214 valence electrons. The van der Waals surface area contributed by atoms with E-state index >= 15 is 0 Å². The summed E-state index contributed by atoms with van der Waals surface area (Å²) in [6, 6.07) is 14.8. The van der Waals surface area contributed by atoms with Crippen LogP contribution in [-0.2, 0) is 6.54 Å². The number of benzene rings is 1. The summed E-state index contributed by atoms with van der Waals surface area (Å²) in [7, 11) is 0. The van der Waals surface area contributed by atoms with Crippen molar-refractivity contribution < 1.29 is 0 Å². The molecule has 0 N–H and O–H groups in total. The standard InChI is InChI=1S/C36H32N4S3/c1-7-10-11-14-23(4)24(5)38-25(6)26(9-3)18-28-20-31-34(41-28)35-32(40(31)17-8-2)21-29(42-35)19-27(22-37)36-39-30-15-12-13-16-33(30)43-36/h3,7,10-16,18-21H,8,17H2,1-2,4-6H3/b10-7-,14-11-,24-23+,26-18+,27-19+,38-25+. The highest BCUT2D eigenvalue weighted by atomic mass is 32.1. The van der Waals surface area contributed by atoms with Crippen LogP contribution in [0.1, 0.15) is 55.8 Å². The Balaban J connectivity index is 1.53. The van der Waals surface area contributed by atoms with Gasteiger partial charge in [0.05, 0.1) is 41.9 Å². The van der Waals surface area contributed by atoms with Crippen LogP contribution in [0.5, 0.6) is 0 Å². The molecule has 5 rings (SSSR count). The Kier molecular flexibility index (Phi) is 9.38. The van der Waals surface area contributed by atoms with Gasteiger partial charge in [-0.2, -0.15) is 5.26 Å². The topological polar surface area (TPSA) is 54.0 Å². The summed E-state index contributed by atoms with van der Waals surface area (Å²) in [6.45, 7) is 11.1. The Labute approximate surface area is 265 Å². The Bertz CT molecular complexity index is 2070. The lowest BCUT2D eigenvalue weighted by atomic mass is 10.1. The lowest BCUT2D eigenvalue weighted by molar-refractivity contribution is 0.724. The molecular formula is C36H32N4S3. The van der Waals surface area contributed by atoms with E-state index in [1.165, 1.54) is 20.4 Å². The molecule has 0 unspecified atom stereocenters. The average Bonchev–Trinajstić information content (AvgIpc) is 3.77. The summed E-state index contributed by atoms with van der Waals surface area (Å²) in [4.78, 5) is 11.7. The highest BCUT2D eigenvalue weighted by Gasteiger charge is 2.18. The Hall–Kier alpha value is -4.27. The summed E-state index contributed by atoms with van der Waals surface area (Å²) in [5, 5.41) is 10.7. The number of terminal acetylenes is 1. The largest absolute Gasteiger partial charge is 0.339 e. The van der Waals surface area contributed by atoms with Gasteiger partial charge in [-0.05, 0) is 76.1 Å². The third-order valence-electron chi connectivity index (χ3n) is 7.02. The Morgan fingerprint density at radius 2 is 1.72 bits per heavy atom. The second-order valence-corrected chi connectivity index (χ2v) is 13.3. The molecule has 5 aromatic rings. The van der Waals surface area contributed by atoms with Gasteiger partial charge in [0, 0.05) is 27.6 Å². The number of fused-ring (bicyclic) bond motifs is 4. The second kappa shape index (κ2) is 13.4. The highest BCUT2D eigenvalue weighted by Crippen LogP contribution is 2.42. The van der Waals surface area contributed by atoms with Crippen molar-refractivity contribution in [3.8, 4) is 18.4 Å². The van der Waals surface area contributed by atoms with Crippen molar-refractivity contribution in [1.29, 1.82) is 5.26 Å². The highest BCUT2D eigenvalue weighted by molar-refractivity contribution is 7.28. The molecule has 4 heterocycles. The molecular weight excluding hydrogens is 585 g/mol. The van der Waals surface area contributed by atoms with E-state index in [9.17, 15) is 5.26 Å². The van der Waals surface area contributed by atoms with Crippen molar-refractivity contribution in [3.63, 3.8) is 0 Å². The van der Waals surface area contributed by atoms with Crippen LogP contribution >= 0.6 is 34.0 Å². The maximum Gasteiger partial charge on any atom is 0.135 e. The number of hydrogen-bond acceptors (Lipinski definition) is 6. The van der Waals surface area contributed by atoms with Gasteiger partial charge in [-0.15, -0.1) is 40.4 Å². The van der Waals surface area contributed by atoms with Crippen molar-refractivity contribution >= 4 is 88.1 Å². The van der Waals surface area contributed by atoms with Crippen LogP contribution in [0.4, 0.5) is 0 Å². The van der Waals surface area contributed by atoms with Crippen molar-refractivity contribution in [2.45, 2.75) is 47.6 Å². The zero-order valence-corrected chi connectivity index (χ0v) is 27.4. The Morgan fingerprint density at radius 1 is 1.02 bits per heavy atom. The number of allylic oxidation sites excluding steroid dienone is 8.